The molecule has 0 saturated heterocycles. The Kier molecular flexibility index (Phi) is 4.98. The second kappa shape index (κ2) is 6.03. The van der Waals surface area contributed by atoms with E-state index in [2.05, 4.69) is 22.0 Å². The van der Waals surface area contributed by atoms with Gasteiger partial charge in [0.15, 0.2) is 5.78 Å². The van der Waals surface area contributed by atoms with E-state index >= 15 is 0 Å². The number of hydrogen-bond acceptors (Lipinski definition) is 2. The Morgan fingerprint density at radius 1 is 1.56 bits per heavy atom. The van der Waals surface area contributed by atoms with Crippen LogP contribution >= 0.6 is 27.5 Å². The Bertz CT molecular complexity index is 437. The molecular formula is C12H11BrClNO. The summed E-state index contributed by atoms with van der Waals surface area (Å²) in [6.07, 6.45) is 0.228. The maximum atomic E-state index is 12.0. The van der Waals surface area contributed by atoms with E-state index in [4.69, 9.17) is 16.9 Å². The van der Waals surface area contributed by atoms with Crippen LogP contribution in [0.5, 0.6) is 0 Å². The van der Waals surface area contributed by atoms with Crippen molar-refractivity contribution in [3.05, 3.63) is 34.9 Å². The van der Waals surface area contributed by atoms with Crippen molar-refractivity contribution in [2.75, 3.05) is 0 Å². The molecule has 0 spiro atoms. The lowest BCUT2D eigenvalue weighted by atomic mass is 9.95. The molecule has 0 fully saturated rings. The zero-order valence-corrected chi connectivity index (χ0v) is 11.2. The molecule has 0 N–H and O–H groups in total. The normalized spacial score (nSPS) is 11.9. The number of nitrogens with zero attached hydrogens (tertiary/aromatic N) is 1. The molecule has 1 aromatic rings. The summed E-state index contributed by atoms with van der Waals surface area (Å²) in [5.41, 5.74) is 2.12. The highest BCUT2D eigenvalue weighted by atomic mass is 79.9. The van der Waals surface area contributed by atoms with Crippen molar-refractivity contribution >= 4 is 33.3 Å². The summed E-state index contributed by atoms with van der Waals surface area (Å²) in [5.74, 6) is 0.251. The van der Waals surface area contributed by atoms with E-state index in [9.17, 15) is 4.79 Å². The lowest BCUT2D eigenvalue weighted by Gasteiger charge is -2.11. The number of halogens is 2. The average molecular weight is 301 g/mol. The number of benzene rings is 1. The molecule has 0 amide bonds. The number of rotatable bonds is 4. The minimum absolute atomic E-state index is 0.0264. The Morgan fingerprint density at radius 3 is 2.69 bits per heavy atom. The molecule has 1 atom stereocenters. The molecule has 4 heteroatoms. The molecule has 84 valence electrons. The summed E-state index contributed by atoms with van der Waals surface area (Å²) in [7, 11) is 0. The van der Waals surface area contributed by atoms with Crippen molar-refractivity contribution in [3.63, 3.8) is 0 Å². The molecule has 0 aliphatic rings. The number of carbonyl (C=O) groups is 1. The molecule has 0 radical (unpaired) electrons. The van der Waals surface area contributed by atoms with E-state index in [0.717, 1.165) is 11.1 Å². The summed E-state index contributed by atoms with van der Waals surface area (Å²) in [6.45, 7) is 1.77. The van der Waals surface area contributed by atoms with Gasteiger partial charge < -0.3 is 0 Å². The van der Waals surface area contributed by atoms with Crippen molar-refractivity contribution in [3.8, 4) is 6.07 Å². The molecule has 0 aliphatic carbocycles. The fourth-order valence-corrected chi connectivity index (χ4v) is 1.96. The van der Waals surface area contributed by atoms with Crippen molar-refractivity contribution in [2.24, 2.45) is 0 Å². The summed E-state index contributed by atoms with van der Waals surface area (Å²) in [5, 5.41) is 8.72. The summed E-state index contributed by atoms with van der Waals surface area (Å²) in [4.78, 5) is 11.7. The molecule has 0 heterocycles. The van der Waals surface area contributed by atoms with Crippen molar-refractivity contribution in [1.29, 1.82) is 5.26 Å². The van der Waals surface area contributed by atoms with Gasteiger partial charge in [0.25, 0.3) is 0 Å². The Labute approximate surface area is 108 Å². The zero-order valence-electron chi connectivity index (χ0n) is 8.84. The third-order valence-corrected chi connectivity index (χ3v) is 2.96. The molecule has 0 saturated carbocycles. The number of carbonyl (C=O) groups excluding carboxylic acids is 1. The predicted molar refractivity (Wildman–Crippen MR) is 68.0 cm³/mol. The molecule has 16 heavy (non-hydrogen) atoms. The SMILES string of the molecule is CC(Br)C(=O)c1c(CCl)cccc1CC#N. The maximum Gasteiger partial charge on any atom is 0.176 e. The molecular weight excluding hydrogens is 289 g/mol. The first-order valence-corrected chi connectivity index (χ1v) is 6.28. The molecule has 0 aromatic heterocycles. The number of ketones is 1. The largest absolute Gasteiger partial charge is 0.293 e. The van der Waals surface area contributed by atoms with Crippen LogP contribution in [0.15, 0.2) is 18.2 Å². The second-order valence-corrected chi connectivity index (χ2v) is 5.04. The van der Waals surface area contributed by atoms with Crippen molar-refractivity contribution < 1.29 is 4.79 Å². The molecule has 2 nitrogen and oxygen atoms in total. The van der Waals surface area contributed by atoms with E-state index in [-0.39, 0.29) is 22.9 Å². The van der Waals surface area contributed by atoms with Crippen LogP contribution in [0.3, 0.4) is 0 Å². The van der Waals surface area contributed by atoms with Gasteiger partial charge in [0.05, 0.1) is 17.3 Å². The number of Topliss-reactive ketones (excluding diaryl/α,β-unsaturated/α-hetero) is 1. The van der Waals surface area contributed by atoms with Gasteiger partial charge in [-0.25, -0.2) is 0 Å². The van der Waals surface area contributed by atoms with Crippen LogP contribution in [-0.4, -0.2) is 10.6 Å². The van der Waals surface area contributed by atoms with Gasteiger partial charge in [-0.3, -0.25) is 4.79 Å². The summed E-state index contributed by atoms with van der Waals surface area (Å²) in [6, 6.07) is 7.49. The minimum atomic E-state index is -0.269. The Hall–Kier alpha value is -0.850. The highest BCUT2D eigenvalue weighted by molar-refractivity contribution is 9.10. The van der Waals surface area contributed by atoms with Crippen LogP contribution < -0.4 is 0 Å². The first kappa shape index (κ1) is 13.2. The van der Waals surface area contributed by atoms with E-state index < -0.39 is 0 Å². The van der Waals surface area contributed by atoms with Gasteiger partial charge in [0.2, 0.25) is 0 Å². The standard InChI is InChI=1S/C12H11BrClNO/c1-8(13)12(16)11-9(5-6-15)3-2-4-10(11)7-14/h2-4,8H,5,7H2,1H3. The van der Waals surface area contributed by atoms with Crippen LogP contribution in [0, 0.1) is 11.3 Å². The van der Waals surface area contributed by atoms with Gasteiger partial charge in [-0.2, -0.15) is 5.26 Å². The zero-order chi connectivity index (χ0) is 12.1. The van der Waals surface area contributed by atoms with Crippen LogP contribution in [0.4, 0.5) is 0 Å². The van der Waals surface area contributed by atoms with Crippen LogP contribution in [0.1, 0.15) is 28.4 Å². The lowest BCUT2D eigenvalue weighted by Crippen LogP contribution is -2.15. The fourth-order valence-electron chi connectivity index (χ4n) is 1.51. The highest BCUT2D eigenvalue weighted by Crippen LogP contribution is 2.21. The first-order valence-electron chi connectivity index (χ1n) is 4.83. The Morgan fingerprint density at radius 2 is 2.19 bits per heavy atom. The van der Waals surface area contributed by atoms with Gasteiger partial charge in [-0.15, -0.1) is 11.6 Å². The van der Waals surface area contributed by atoms with E-state index in [0.29, 0.717) is 5.56 Å². The third kappa shape index (κ3) is 2.84. The quantitative estimate of drug-likeness (QED) is 0.631. The number of alkyl halides is 2. The fraction of sp³-hybridized carbons (Fsp3) is 0.333. The lowest BCUT2D eigenvalue weighted by molar-refractivity contribution is 0.0994. The Balaban J connectivity index is 3.31. The predicted octanol–water partition coefficient (Wildman–Crippen LogP) is 3.46. The van der Waals surface area contributed by atoms with Gasteiger partial charge in [-0.05, 0) is 18.1 Å². The van der Waals surface area contributed by atoms with Gasteiger partial charge in [-0.1, -0.05) is 34.1 Å². The van der Waals surface area contributed by atoms with Crippen molar-refractivity contribution in [2.45, 2.75) is 24.1 Å². The molecule has 0 bridgehead atoms. The average Bonchev–Trinajstić information content (AvgIpc) is 2.28. The molecule has 1 aromatic carbocycles. The van der Waals surface area contributed by atoms with Crippen molar-refractivity contribution in [1.82, 2.24) is 0 Å². The monoisotopic (exact) mass is 299 g/mol. The highest BCUT2D eigenvalue weighted by Gasteiger charge is 2.19. The van der Waals surface area contributed by atoms with Gasteiger partial charge in [0.1, 0.15) is 0 Å². The van der Waals surface area contributed by atoms with Gasteiger partial charge in [0, 0.05) is 11.4 Å². The second-order valence-electron chi connectivity index (χ2n) is 3.40. The van der Waals surface area contributed by atoms with E-state index in [1.165, 1.54) is 0 Å². The van der Waals surface area contributed by atoms with Crippen LogP contribution in [0.2, 0.25) is 0 Å². The topological polar surface area (TPSA) is 40.9 Å². The smallest absolute Gasteiger partial charge is 0.176 e. The summed E-state index contributed by atoms with van der Waals surface area (Å²) < 4.78 is 0. The van der Waals surface area contributed by atoms with E-state index in [1.54, 1.807) is 13.0 Å². The van der Waals surface area contributed by atoms with E-state index in [1.807, 2.05) is 12.1 Å². The maximum absolute atomic E-state index is 12.0. The molecule has 1 rings (SSSR count). The van der Waals surface area contributed by atoms with Crippen LogP contribution in [-0.2, 0) is 12.3 Å². The molecule has 1 unspecified atom stereocenters. The number of hydrogen-bond donors (Lipinski definition) is 0. The number of nitriles is 1. The minimum Gasteiger partial charge on any atom is -0.293 e. The first-order chi connectivity index (χ1) is 7.61. The van der Waals surface area contributed by atoms with Crippen LogP contribution in [0.25, 0.3) is 0 Å². The summed E-state index contributed by atoms with van der Waals surface area (Å²) >= 11 is 9.05. The van der Waals surface area contributed by atoms with Gasteiger partial charge >= 0.3 is 0 Å². The molecule has 0 aliphatic heterocycles. The third-order valence-electron chi connectivity index (χ3n) is 2.26.